The summed E-state index contributed by atoms with van der Waals surface area (Å²) in [4.78, 5) is 4.52. The van der Waals surface area contributed by atoms with Crippen LogP contribution < -0.4 is 10.6 Å². The molecule has 0 radical (unpaired) electrons. The monoisotopic (exact) mass is 265 g/mol. The molecule has 0 spiro atoms. The van der Waals surface area contributed by atoms with E-state index in [1.165, 1.54) is 15.8 Å². The molecule has 90 valence electrons. The molecule has 0 aliphatic carbocycles. The number of thiazole rings is 1. The molecule has 0 fully saturated rings. The lowest BCUT2D eigenvalue weighted by molar-refractivity contribution is 0.979. The second-order valence-electron chi connectivity index (χ2n) is 3.91. The smallest absolute Gasteiger partial charge is 0.190 e. The Morgan fingerprint density at radius 1 is 1.35 bits per heavy atom. The van der Waals surface area contributed by atoms with Crippen molar-refractivity contribution >= 4 is 44.0 Å². The van der Waals surface area contributed by atoms with Crippen molar-refractivity contribution < 1.29 is 0 Å². The van der Waals surface area contributed by atoms with Gasteiger partial charge in [-0.25, -0.2) is 4.98 Å². The Morgan fingerprint density at radius 2 is 2.06 bits per heavy atom. The molecule has 0 bridgehead atoms. The Labute approximate surface area is 110 Å². The zero-order chi connectivity index (χ0) is 12.4. The van der Waals surface area contributed by atoms with Crippen molar-refractivity contribution in [2.75, 3.05) is 11.9 Å². The first-order valence-electron chi connectivity index (χ1n) is 5.52. The van der Waals surface area contributed by atoms with E-state index < -0.39 is 0 Å². The Hall–Kier alpha value is -1.20. The molecule has 2 N–H and O–H groups in total. The van der Waals surface area contributed by atoms with Gasteiger partial charge < -0.3 is 10.6 Å². The van der Waals surface area contributed by atoms with Crippen LogP contribution >= 0.6 is 23.6 Å². The highest BCUT2D eigenvalue weighted by molar-refractivity contribution is 7.80. The molecule has 0 atom stereocenters. The van der Waals surface area contributed by atoms with Crippen molar-refractivity contribution in [3.8, 4) is 0 Å². The summed E-state index contributed by atoms with van der Waals surface area (Å²) in [5, 5.41) is 7.62. The number of nitrogens with zero attached hydrogens (tertiary/aromatic N) is 1. The SMILES string of the molecule is CCNC(=S)Nc1nc2cc(C)c(C)cc2s1. The van der Waals surface area contributed by atoms with Gasteiger partial charge in [-0.1, -0.05) is 11.3 Å². The van der Waals surface area contributed by atoms with Crippen LogP contribution in [0.5, 0.6) is 0 Å². The summed E-state index contributed by atoms with van der Waals surface area (Å²) in [7, 11) is 0. The van der Waals surface area contributed by atoms with Crippen molar-refractivity contribution in [2.45, 2.75) is 20.8 Å². The van der Waals surface area contributed by atoms with E-state index >= 15 is 0 Å². The van der Waals surface area contributed by atoms with E-state index in [-0.39, 0.29) is 0 Å². The van der Waals surface area contributed by atoms with Crippen molar-refractivity contribution in [1.29, 1.82) is 0 Å². The number of aromatic nitrogens is 1. The predicted molar refractivity (Wildman–Crippen MR) is 79.0 cm³/mol. The maximum absolute atomic E-state index is 5.14. The number of hydrogen-bond donors (Lipinski definition) is 2. The van der Waals surface area contributed by atoms with Gasteiger partial charge in [-0.15, -0.1) is 0 Å². The average Bonchev–Trinajstić information content (AvgIpc) is 2.60. The maximum atomic E-state index is 5.14. The normalized spacial score (nSPS) is 10.5. The van der Waals surface area contributed by atoms with Crippen LogP contribution in [0.1, 0.15) is 18.1 Å². The van der Waals surface area contributed by atoms with Crippen LogP contribution in [0, 0.1) is 13.8 Å². The predicted octanol–water partition coefficient (Wildman–Crippen LogP) is 3.22. The number of thiocarbonyl (C=S) groups is 1. The number of anilines is 1. The highest BCUT2D eigenvalue weighted by atomic mass is 32.1. The number of aryl methyl sites for hydroxylation is 2. The molecule has 0 saturated carbocycles. The van der Waals surface area contributed by atoms with Crippen molar-refractivity contribution in [3.63, 3.8) is 0 Å². The standard InChI is InChI=1S/C12H15N3S2/c1-4-13-11(16)15-12-14-9-5-7(2)8(3)6-10(9)17-12/h5-6H,4H2,1-3H3,(H2,13,14,15,16). The second kappa shape index (κ2) is 4.98. The van der Waals surface area contributed by atoms with Gasteiger partial charge in [0, 0.05) is 6.54 Å². The molecule has 5 heteroatoms. The summed E-state index contributed by atoms with van der Waals surface area (Å²) < 4.78 is 1.19. The van der Waals surface area contributed by atoms with E-state index in [2.05, 4.69) is 41.6 Å². The summed E-state index contributed by atoms with van der Waals surface area (Å²) in [6, 6.07) is 4.28. The van der Waals surface area contributed by atoms with Crippen LogP contribution in [0.25, 0.3) is 10.2 Å². The Morgan fingerprint density at radius 3 is 2.76 bits per heavy atom. The first-order valence-corrected chi connectivity index (χ1v) is 6.75. The topological polar surface area (TPSA) is 37.0 Å². The van der Waals surface area contributed by atoms with Crippen LogP contribution in [-0.4, -0.2) is 16.6 Å². The Balaban J connectivity index is 2.29. The molecule has 0 aliphatic rings. The summed E-state index contributed by atoms with van der Waals surface area (Å²) in [6.45, 7) is 7.04. The fourth-order valence-corrected chi connectivity index (χ4v) is 2.79. The van der Waals surface area contributed by atoms with E-state index in [1.807, 2.05) is 6.92 Å². The molecule has 1 heterocycles. The van der Waals surface area contributed by atoms with Gasteiger partial charge in [0.25, 0.3) is 0 Å². The lowest BCUT2D eigenvalue weighted by atomic mass is 10.1. The number of rotatable bonds is 2. The lowest BCUT2D eigenvalue weighted by Gasteiger charge is -2.04. The highest BCUT2D eigenvalue weighted by Crippen LogP contribution is 2.28. The van der Waals surface area contributed by atoms with Gasteiger partial charge in [0.2, 0.25) is 0 Å². The van der Waals surface area contributed by atoms with Crippen molar-refractivity contribution in [1.82, 2.24) is 10.3 Å². The van der Waals surface area contributed by atoms with Crippen LogP contribution in [0.4, 0.5) is 5.13 Å². The molecule has 2 aromatic rings. The minimum absolute atomic E-state index is 0.625. The van der Waals surface area contributed by atoms with Gasteiger partial charge >= 0.3 is 0 Å². The zero-order valence-electron chi connectivity index (χ0n) is 10.1. The number of nitrogens with one attached hydrogen (secondary N) is 2. The molecule has 2 rings (SSSR count). The molecular formula is C12H15N3S2. The van der Waals surface area contributed by atoms with Gasteiger partial charge in [0.05, 0.1) is 10.2 Å². The Kier molecular flexibility index (Phi) is 3.59. The number of benzene rings is 1. The molecule has 0 aliphatic heterocycles. The zero-order valence-corrected chi connectivity index (χ0v) is 11.8. The summed E-state index contributed by atoms with van der Waals surface area (Å²) in [6.07, 6.45) is 0. The summed E-state index contributed by atoms with van der Waals surface area (Å²) in [5.41, 5.74) is 3.59. The quantitative estimate of drug-likeness (QED) is 0.818. The van der Waals surface area contributed by atoms with Gasteiger partial charge in [-0.05, 0) is 56.2 Å². The van der Waals surface area contributed by atoms with E-state index in [4.69, 9.17) is 12.2 Å². The lowest BCUT2D eigenvalue weighted by Crippen LogP contribution is -2.27. The summed E-state index contributed by atoms with van der Waals surface area (Å²) in [5.74, 6) is 0. The third kappa shape index (κ3) is 2.73. The van der Waals surface area contributed by atoms with Crippen LogP contribution in [-0.2, 0) is 0 Å². The van der Waals surface area contributed by atoms with E-state index in [0.29, 0.717) is 5.11 Å². The largest absolute Gasteiger partial charge is 0.363 e. The molecule has 0 unspecified atom stereocenters. The van der Waals surface area contributed by atoms with Gasteiger partial charge in [0.15, 0.2) is 10.2 Å². The third-order valence-corrected chi connectivity index (χ3v) is 3.74. The fourth-order valence-electron chi connectivity index (χ4n) is 1.54. The third-order valence-electron chi connectivity index (χ3n) is 2.56. The molecule has 3 nitrogen and oxygen atoms in total. The maximum Gasteiger partial charge on any atom is 0.190 e. The first kappa shape index (κ1) is 12.3. The molecular weight excluding hydrogens is 250 g/mol. The molecule has 1 aromatic carbocycles. The second-order valence-corrected chi connectivity index (χ2v) is 5.35. The average molecular weight is 265 g/mol. The molecule has 0 amide bonds. The minimum atomic E-state index is 0.625. The first-order chi connectivity index (χ1) is 8.10. The highest BCUT2D eigenvalue weighted by Gasteiger charge is 2.06. The van der Waals surface area contributed by atoms with E-state index in [9.17, 15) is 0 Å². The van der Waals surface area contributed by atoms with Crippen molar-refractivity contribution in [3.05, 3.63) is 23.3 Å². The Bertz CT molecular complexity index is 521. The van der Waals surface area contributed by atoms with Crippen LogP contribution in [0.15, 0.2) is 12.1 Å². The summed E-state index contributed by atoms with van der Waals surface area (Å²) >= 11 is 6.76. The van der Waals surface area contributed by atoms with E-state index in [0.717, 1.165) is 17.2 Å². The molecule has 0 saturated heterocycles. The van der Waals surface area contributed by atoms with Gasteiger partial charge in [-0.3, -0.25) is 0 Å². The van der Waals surface area contributed by atoms with Crippen molar-refractivity contribution in [2.24, 2.45) is 0 Å². The molecule has 17 heavy (non-hydrogen) atoms. The fraction of sp³-hybridized carbons (Fsp3) is 0.333. The molecule has 1 aromatic heterocycles. The number of hydrogen-bond acceptors (Lipinski definition) is 3. The van der Waals surface area contributed by atoms with Crippen LogP contribution in [0.2, 0.25) is 0 Å². The van der Waals surface area contributed by atoms with Crippen LogP contribution in [0.3, 0.4) is 0 Å². The minimum Gasteiger partial charge on any atom is -0.363 e. The van der Waals surface area contributed by atoms with Gasteiger partial charge in [0.1, 0.15) is 0 Å². The van der Waals surface area contributed by atoms with E-state index in [1.54, 1.807) is 11.3 Å². The number of fused-ring (bicyclic) bond motifs is 1. The van der Waals surface area contributed by atoms with Gasteiger partial charge in [-0.2, -0.15) is 0 Å².